The lowest BCUT2D eigenvalue weighted by molar-refractivity contribution is -0.125. The van der Waals surface area contributed by atoms with Gasteiger partial charge in [-0.1, -0.05) is 50.2 Å². The number of aliphatic hydroxyl groups is 2. The number of carbonyl (C=O) groups excluding carboxylic acids is 1. The van der Waals surface area contributed by atoms with Crippen molar-refractivity contribution < 1.29 is 24.5 Å². The summed E-state index contributed by atoms with van der Waals surface area (Å²) in [5.41, 5.74) is 1.94. The van der Waals surface area contributed by atoms with Crippen molar-refractivity contribution in [3.8, 4) is 11.5 Å². The first kappa shape index (κ1) is 21.9. The summed E-state index contributed by atoms with van der Waals surface area (Å²) in [6, 6.07) is 15.3. The van der Waals surface area contributed by atoms with Gasteiger partial charge >= 0.3 is 0 Å². The molecule has 2 aromatic rings. The van der Waals surface area contributed by atoms with Gasteiger partial charge in [-0.25, -0.2) is 0 Å². The Morgan fingerprint density at radius 3 is 1.57 bits per heavy atom. The molecule has 0 heterocycles. The largest absolute Gasteiger partial charge is 0.491 e. The Morgan fingerprint density at radius 1 is 0.786 bits per heavy atom. The fourth-order valence-electron chi connectivity index (χ4n) is 3.28. The maximum absolute atomic E-state index is 12.9. The van der Waals surface area contributed by atoms with Gasteiger partial charge in [-0.3, -0.25) is 4.79 Å². The van der Waals surface area contributed by atoms with Gasteiger partial charge in [-0.2, -0.15) is 0 Å². The minimum Gasteiger partial charge on any atom is -0.491 e. The number of rotatable bonds is 12. The molecule has 0 bridgehead atoms. The van der Waals surface area contributed by atoms with Crippen molar-refractivity contribution in [1.29, 1.82) is 0 Å². The number of ether oxygens (including phenoxy) is 2. The normalized spacial score (nSPS) is 13.0. The Kier molecular flexibility index (Phi) is 8.98. The molecular weight excluding hydrogens is 356 g/mol. The van der Waals surface area contributed by atoms with Crippen LogP contribution in [0.5, 0.6) is 11.5 Å². The number of hydrogen-bond acceptors (Lipinski definition) is 5. The fourth-order valence-corrected chi connectivity index (χ4v) is 3.28. The summed E-state index contributed by atoms with van der Waals surface area (Å²) in [7, 11) is 0. The Labute approximate surface area is 166 Å². The van der Waals surface area contributed by atoms with Crippen LogP contribution in [0.25, 0.3) is 0 Å². The molecule has 0 radical (unpaired) electrons. The predicted octanol–water partition coefficient (Wildman–Crippen LogP) is 3.06. The SMILES string of the molecule is CC(Cc1ccccc1OCCO)C(=O)C(C)Cc1ccccc1OCCO. The van der Waals surface area contributed by atoms with E-state index in [-0.39, 0.29) is 44.0 Å². The van der Waals surface area contributed by atoms with E-state index in [0.717, 1.165) is 11.1 Å². The van der Waals surface area contributed by atoms with Crippen LogP contribution in [-0.4, -0.2) is 42.4 Å². The lowest BCUT2D eigenvalue weighted by Crippen LogP contribution is -2.23. The molecule has 2 rings (SSSR count). The minimum absolute atomic E-state index is 0.0440. The number of ketones is 1. The average Bonchev–Trinajstić information content (AvgIpc) is 2.71. The van der Waals surface area contributed by atoms with Crippen LogP contribution in [0, 0.1) is 11.8 Å². The molecule has 0 amide bonds. The minimum atomic E-state index is -0.153. The van der Waals surface area contributed by atoms with Crippen LogP contribution < -0.4 is 9.47 Å². The predicted molar refractivity (Wildman–Crippen MR) is 109 cm³/mol. The molecule has 28 heavy (non-hydrogen) atoms. The topological polar surface area (TPSA) is 76.0 Å². The van der Waals surface area contributed by atoms with Crippen molar-refractivity contribution in [1.82, 2.24) is 0 Å². The molecule has 0 saturated heterocycles. The molecule has 0 spiro atoms. The van der Waals surface area contributed by atoms with E-state index in [9.17, 15) is 4.79 Å². The number of Topliss-reactive ketones (excluding diaryl/α,β-unsaturated/α-hetero) is 1. The van der Waals surface area contributed by atoms with Crippen LogP contribution in [0.4, 0.5) is 0 Å². The first-order chi connectivity index (χ1) is 13.6. The smallest absolute Gasteiger partial charge is 0.139 e. The first-order valence-corrected chi connectivity index (χ1v) is 9.73. The first-order valence-electron chi connectivity index (χ1n) is 9.73. The highest BCUT2D eigenvalue weighted by atomic mass is 16.5. The molecule has 0 aliphatic rings. The summed E-state index contributed by atoms with van der Waals surface area (Å²) in [6.45, 7) is 4.27. The van der Waals surface area contributed by atoms with E-state index in [1.54, 1.807) is 0 Å². The Bertz CT molecular complexity index is 682. The average molecular weight is 386 g/mol. The molecule has 2 N–H and O–H groups in total. The summed E-state index contributed by atoms with van der Waals surface area (Å²) in [6.07, 6.45) is 1.18. The zero-order valence-corrected chi connectivity index (χ0v) is 16.6. The van der Waals surface area contributed by atoms with Crippen molar-refractivity contribution in [2.24, 2.45) is 11.8 Å². The molecule has 2 unspecified atom stereocenters. The zero-order chi connectivity index (χ0) is 20.4. The number of aliphatic hydroxyl groups excluding tert-OH is 2. The van der Waals surface area contributed by atoms with E-state index in [1.165, 1.54) is 0 Å². The molecule has 5 nitrogen and oxygen atoms in total. The standard InChI is InChI=1S/C23H30O5/c1-17(15-19-7-3-5-9-21(19)27-13-11-24)23(26)18(2)16-20-8-4-6-10-22(20)28-14-12-25/h3-10,17-18,24-25H,11-16H2,1-2H3. The molecule has 152 valence electrons. The fraction of sp³-hybridized carbons (Fsp3) is 0.435. The van der Waals surface area contributed by atoms with Crippen molar-refractivity contribution >= 4 is 5.78 Å². The van der Waals surface area contributed by atoms with E-state index in [4.69, 9.17) is 19.7 Å². The summed E-state index contributed by atoms with van der Waals surface area (Å²) >= 11 is 0. The van der Waals surface area contributed by atoms with Crippen molar-refractivity contribution in [2.75, 3.05) is 26.4 Å². The molecule has 2 aromatic carbocycles. The van der Waals surface area contributed by atoms with Gasteiger partial charge in [0.25, 0.3) is 0 Å². The van der Waals surface area contributed by atoms with Gasteiger partial charge in [0.1, 0.15) is 30.5 Å². The van der Waals surface area contributed by atoms with Crippen LogP contribution in [0.2, 0.25) is 0 Å². The van der Waals surface area contributed by atoms with E-state index < -0.39 is 0 Å². The maximum Gasteiger partial charge on any atom is 0.139 e. The van der Waals surface area contributed by atoms with Crippen molar-refractivity contribution in [3.05, 3.63) is 59.7 Å². The lowest BCUT2D eigenvalue weighted by Gasteiger charge is -2.19. The monoisotopic (exact) mass is 386 g/mol. The molecule has 0 saturated carbocycles. The van der Waals surface area contributed by atoms with E-state index in [0.29, 0.717) is 24.3 Å². The van der Waals surface area contributed by atoms with Crippen LogP contribution in [0.1, 0.15) is 25.0 Å². The number of para-hydroxylation sites is 2. The van der Waals surface area contributed by atoms with E-state index in [1.807, 2.05) is 62.4 Å². The van der Waals surface area contributed by atoms with Crippen molar-refractivity contribution in [3.63, 3.8) is 0 Å². The third kappa shape index (κ3) is 6.36. The van der Waals surface area contributed by atoms with Gasteiger partial charge in [0.2, 0.25) is 0 Å². The Morgan fingerprint density at radius 2 is 1.18 bits per heavy atom. The summed E-state index contributed by atoms with van der Waals surface area (Å²) in [5, 5.41) is 17.9. The second kappa shape index (κ2) is 11.5. The van der Waals surface area contributed by atoms with Crippen LogP contribution in [-0.2, 0) is 17.6 Å². The third-order valence-electron chi connectivity index (χ3n) is 4.67. The van der Waals surface area contributed by atoms with Crippen LogP contribution >= 0.6 is 0 Å². The molecular formula is C23H30O5. The zero-order valence-electron chi connectivity index (χ0n) is 16.6. The molecule has 5 heteroatoms. The maximum atomic E-state index is 12.9. The van der Waals surface area contributed by atoms with Gasteiger partial charge in [0.15, 0.2) is 0 Å². The molecule has 0 aliphatic carbocycles. The second-order valence-electron chi connectivity index (χ2n) is 6.97. The highest BCUT2D eigenvalue weighted by molar-refractivity contribution is 5.83. The van der Waals surface area contributed by atoms with E-state index in [2.05, 4.69) is 0 Å². The Balaban J connectivity index is 2.02. The lowest BCUT2D eigenvalue weighted by atomic mass is 9.86. The third-order valence-corrected chi connectivity index (χ3v) is 4.67. The van der Waals surface area contributed by atoms with Gasteiger partial charge in [-0.15, -0.1) is 0 Å². The molecule has 2 atom stereocenters. The summed E-state index contributed by atoms with van der Waals surface area (Å²) < 4.78 is 11.2. The molecule has 0 aliphatic heterocycles. The van der Waals surface area contributed by atoms with Gasteiger partial charge in [-0.05, 0) is 36.1 Å². The summed E-state index contributed by atoms with van der Waals surface area (Å²) in [4.78, 5) is 12.9. The molecule has 0 fully saturated rings. The highest BCUT2D eigenvalue weighted by Gasteiger charge is 2.22. The summed E-state index contributed by atoms with van der Waals surface area (Å²) in [5.74, 6) is 1.31. The second-order valence-corrected chi connectivity index (χ2v) is 6.97. The number of hydrogen-bond donors (Lipinski definition) is 2. The highest BCUT2D eigenvalue weighted by Crippen LogP contribution is 2.26. The number of carbonyl (C=O) groups is 1. The van der Waals surface area contributed by atoms with Crippen LogP contribution in [0.15, 0.2) is 48.5 Å². The van der Waals surface area contributed by atoms with Gasteiger partial charge in [0, 0.05) is 11.8 Å². The molecule has 0 aromatic heterocycles. The van der Waals surface area contributed by atoms with Gasteiger partial charge in [0.05, 0.1) is 13.2 Å². The van der Waals surface area contributed by atoms with E-state index >= 15 is 0 Å². The van der Waals surface area contributed by atoms with Gasteiger partial charge < -0.3 is 19.7 Å². The number of benzene rings is 2. The Hall–Kier alpha value is -2.37. The quantitative estimate of drug-likeness (QED) is 0.586. The van der Waals surface area contributed by atoms with Crippen molar-refractivity contribution in [2.45, 2.75) is 26.7 Å². The van der Waals surface area contributed by atoms with Crippen LogP contribution in [0.3, 0.4) is 0 Å².